The number of benzene rings is 2. The molecule has 1 saturated heterocycles. The highest BCUT2D eigenvalue weighted by molar-refractivity contribution is 5.90. The van der Waals surface area contributed by atoms with Gasteiger partial charge in [0.2, 0.25) is 5.91 Å². The van der Waals surface area contributed by atoms with E-state index in [4.69, 9.17) is 5.26 Å². The molecule has 0 aliphatic carbocycles. The Bertz CT molecular complexity index is 1110. The first-order valence-electron chi connectivity index (χ1n) is 12.7. The van der Waals surface area contributed by atoms with E-state index in [-0.39, 0.29) is 17.9 Å². The maximum absolute atomic E-state index is 12.4. The van der Waals surface area contributed by atoms with Gasteiger partial charge in [-0.2, -0.15) is 5.26 Å². The fourth-order valence-corrected chi connectivity index (χ4v) is 4.30. The second-order valence-electron chi connectivity index (χ2n) is 9.65. The molecule has 2 aromatic rings. The van der Waals surface area contributed by atoms with Gasteiger partial charge in [0.25, 0.3) is 0 Å². The Balaban J connectivity index is 1.49. The van der Waals surface area contributed by atoms with E-state index in [1.807, 2.05) is 51.1 Å². The molecule has 1 aliphatic heterocycles. The maximum Gasteiger partial charge on any atom is 0.319 e. The fraction of sp³-hybridized carbons (Fsp3) is 0.414. The van der Waals surface area contributed by atoms with Crippen LogP contribution in [0.4, 0.5) is 10.5 Å². The van der Waals surface area contributed by atoms with E-state index >= 15 is 0 Å². The SMILES string of the molecule is C=C(c1ccc(C)c(NC(=O)NCCCNC(=O)C(C)C)c1)N1CCC(c2ccc(C#N)cc2)CC1. The van der Waals surface area contributed by atoms with Crippen LogP contribution in [0.25, 0.3) is 5.70 Å². The number of rotatable bonds is 9. The van der Waals surface area contributed by atoms with Crippen LogP contribution >= 0.6 is 0 Å². The first-order valence-corrected chi connectivity index (χ1v) is 12.7. The minimum atomic E-state index is -0.265. The lowest BCUT2D eigenvalue weighted by atomic mass is 9.88. The highest BCUT2D eigenvalue weighted by atomic mass is 16.2. The molecule has 7 nitrogen and oxygen atoms in total. The van der Waals surface area contributed by atoms with E-state index < -0.39 is 0 Å². The lowest BCUT2D eigenvalue weighted by Crippen LogP contribution is -2.34. The van der Waals surface area contributed by atoms with Gasteiger partial charge < -0.3 is 20.9 Å². The van der Waals surface area contributed by atoms with E-state index in [1.165, 1.54) is 5.56 Å². The zero-order chi connectivity index (χ0) is 26.1. The molecule has 1 aliphatic rings. The van der Waals surface area contributed by atoms with Gasteiger partial charge in [-0.3, -0.25) is 4.79 Å². The first kappa shape index (κ1) is 26.8. The molecule has 0 spiro atoms. The number of amides is 3. The van der Waals surface area contributed by atoms with Crippen molar-refractivity contribution in [1.29, 1.82) is 5.26 Å². The van der Waals surface area contributed by atoms with Gasteiger partial charge in [0, 0.05) is 43.5 Å². The van der Waals surface area contributed by atoms with Crippen molar-refractivity contribution < 1.29 is 9.59 Å². The standard InChI is InChI=1S/C29H37N5O2/c1-20(2)28(35)31-14-5-15-32-29(36)33-27-18-26(9-6-21(27)3)22(4)34-16-12-25(13-17-34)24-10-7-23(19-30)8-11-24/h6-11,18,20,25H,4-5,12-17H2,1-3H3,(H,31,35)(H2,32,33,36). The van der Waals surface area contributed by atoms with Gasteiger partial charge in [-0.25, -0.2) is 4.79 Å². The van der Waals surface area contributed by atoms with Crippen LogP contribution < -0.4 is 16.0 Å². The number of carbonyl (C=O) groups excluding carboxylic acids is 2. The van der Waals surface area contributed by atoms with E-state index in [1.54, 1.807) is 0 Å². The summed E-state index contributed by atoms with van der Waals surface area (Å²) in [5.74, 6) is 0.463. The molecule has 0 atom stereocenters. The van der Waals surface area contributed by atoms with Crippen LogP contribution in [0.5, 0.6) is 0 Å². The number of nitrogens with one attached hydrogen (secondary N) is 3. The molecule has 36 heavy (non-hydrogen) atoms. The number of urea groups is 1. The zero-order valence-electron chi connectivity index (χ0n) is 21.6. The minimum Gasteiger partial charge on any atom is -0.371 e. The summed E-state index contributed by atoms with van der Waals surface area (Å²) in [6, 6.07) is 15.9. The first-order chi connectivity index (χ1) is 17.3. The van der Waals surface area contributed by atoms with Crippen LogP contribution in [-0.4, -0.2) is 43.0 Å². The average Bonchev–Trinajstić information content (AvgIpc) is 2.89. The summed E-state index contributed by atoms with van der Waals surface area (Å²) >= 11 is 0. The Hall–Kier alpha value is -3.79. The summed E-state index contributed by atoms with van der Waals surface area (Å²) in [5.41, 5.74) is 5.66. The molecule has 190 valence electrons. The number of hydrogen-bond donors (Lipinski definition) is 3. The normalized spacial score (nSPS) is 13.7. The molecule has 1 heterocycles. The molecule has 0 bridgehead atoms. The highest BCUT2D eigenvalue weighted by Crippen LogP contribution is 2.32. The molecule has 3 amide bonds. The number of likely N-dealkylation sites (tertiary alicyclic amines) is 1. The van der Waals surface area contributed by atoms with Gasteiger partial charge in [-0.15, -0.1) is 0 Å². The fourth-order valence-electron chi connectivity index (χ4n) is 4.30. The molecule has 7 heteroatoms. The second kappa shape index (κ2) is 12.8. The highest BCUT2D eigenvalue weighted by Gasteiger charge is 2.22. The van der Waals surface area contributed by atoms with E-state index in [9.17, 15) is 9.59 Å². The number of aryl methyl sites for hydroxylation is 1. The summed E-state index contributed by atoms with van der Waals surface area (Å²) < 4.78 is 0. The zero-order valence-corrected chi connectivity index (χ0v) is 21.6. The molecule has 0 saturated carbocycles. The molecule has 0 radical (unpaired) electrons. The van der Waals surface area contributed by atoms with E-state index in [2.05, 4.69) is 45.6 Å². The van der Waals surface area contributed by atoms with Crippen LogP contribution in [0, 0.1) is 24.2 Å². The molecular weight excluding hydrogens is 450 g/mol. The van der Waals surface area contributed by atoms with Crippen molar-refractivity contribution in [3.8, 4) is 6.07 Å². The summed E-state index contributed by atoms with van der Waals surface area (Å²) in [6.07, 6.45) is 2.73. The topological polar surface area (TPSA) is 97.3 Å². The van der Waals surface area contributed by atoms with Gasteiger partial charge >= 0.3 is 6.03 Å². The van der Waals surface area contributed by atoms with Gasteiger partial charge in [0.05, 0.1) is 11.6 Å². The van der Waals surface area contributed by atoms with Crippen molar-refractivity contribution in [1.82, 2.24) is 15.5 Å². The Labute approximate surface area is 214 Å². The second-order valence-corrected chi connectivity index (χ2v) is 9.65. The quantitative estimate of drug-likeness (QED) is 0.434. The third-order valence-electron chi connectivity index (χ3n) is 6.67. The Morgan fingerprint density at radius 2 is 1.75 bits per heavy atom. The van der Waals surface area contributed by atoms with Crippen LogP contribution in [0.2, 0.25) is 0 Å². The summed E-state index contributed by atoms with van der Waals surface area (Å²) in [5, 5.41) is 17.7. The van der Waals surface area contributed by atoms with Crippen LogP contribution in [0.1, 0.15) is 61.3 Å². The van der Waals surface area contributed by atoms with Gasteiger partial charge in [-0.05, 0) is 67.0 Å². The number of hydrogen-bond acceptors (Lipinski definition) is 4. The molecule has 1 fully saturated rings. The van der Waals surface area contributed by atoms with E-state index in [0.717, 1.165) is 48.4 Å². The Kier molecular flexibility index (Phi) is 9.52. The van der Waals surface area contributed by atoms with Crippen molar-refractivity contribution in [2.75, 3.05) is 31.5 Å². The van der Waals surface area contributed by atoms with Crippen molar-refractivity contribution in [2.24, 2.45) is 5.92 Å². The molecule has 3 rings (SSSR count). The van der Waals surface area contributed by atoms with Crippen molar-refractivity contribution in [2.45, 2.75) is 46.0 Å². The molecular formula is C29H37N5O2. The summed E-state index contributed by atoms with van der Waals surface area (Å²) in [7, 11) is 0. The lowest BCUT2D eigenvalue weighted by molar-refractivity contribution is -0.123. The summed E-state index contributed by atoms with van der Waals surface area (Å²) in [4.78, 5) is 26.3. The molecule has 3 N–H and O–H groups in total. The van der Waals surface area contributed by atoms with Crippen molar-refractivity contribution >= 4 is 23.3 Å². The predicted molar refractivity (Wildman–Crippen MR) is 144 cm³/mol. The third kappa shape index (κ3) is 7.35. The van der Waals surface area contributed by atoms with Gasteiger partial charge in [-0.1, -0.05) is 44.7 Å². The number of piperidine rings is 1. The Morgan fingerprint density at radius 3 is 2.39 bits per heavy atom. The smallest absolute Gasteiger partial charge is 0.319 e. The molecule has 0 aromatic heterocycles. The van der Waals surface area contributed by atoms with Crippen molar-refractivity contribution in [3.05, 3.63) is 71.3 Å². The largest absolute Gasteiger partial charge is 0.371 e. The number of nitriles is 1. The maximum atomic E-state index is 12.4. The van der Waals surface area contributed by atoms with Crippen LogP contribution in [-0.2, 0) is 4.79 Å². The number of carbonyl (C=O) groups is 2. The van der Waals surface area contributed by atoms with Crippen LogP contribution in [0.15, 0.2) is 49.0 Å². The average molecular weight is 488 g/mol. The van der Waals surface area contributed by atoms with Crippen molar-refractivity contribution in [3.63, 3.8) is 0 Å². The number of nitrogens with zero attached hydrogens (tertiary/aromatic N) is 2. The van der Waals surface area contributed by atoms with Gasteiger partial charge in [0.15, 0.2) is 0 Å². The summed E-state index contributed by atoms with van der Waals surface area (Å²) in [6.45, 7) is 12.8. The molecule has 2 aromatic carbocycles. The number of anilines is 1. The van der Waals surface area contributed by atoms with Crippen LogP contribution in [0.3, 0.4) is 0 Å². The Morgan fingerprint density at radius 1 is 1.08 bits per heavy atom. The third-order valence-corrected chi connectivity index (χ3v) is 6.67. The molecule has 0 unspecified atom stereocenters. The minimum absolute atomic E-state index is 0.0191. The predicted octanol–water partition coefficient (Wildman–Crippen LogP) is 5.00. The van der Waals surface area contributed by atoms with Gasteiger partial charge in [0.1, 0.15) is 0 Å². The monoisotopic (exact) mass is 487 g/mol. The van der Waals surface area contributed by atoms with E-state index in [0.29, 0.717) is 31.0 Å². The lowest BCUT2D eigenvalue weighted by Gasteiger charge is -2.35.